The molecule has 1 saturated heterocycles. The topological polar surface area (TPSA) is 134 Å². The lowest BCUT2D eigenvalue weighted by molar-refractivity contribution is -0.333. The summed E-state index contributed by atoms with van der Waals surface area (Å²) in [7, 11) is -3.58. The zero-order valence-electron chi connectivity index (χ0n) is 28.0. The summed E-state index contributed by atoms with van der Waals surface area (Å²) < 4.78 is 71.3. The number of nitrogens with one attached hydrogen (secondary N) is 4. The Bertz CT molecular complexity index is 1870. The minimum atomic E-state index is -4.63. The highest BCUT2D eigenvalue weighted by molar-refractivity contribution is 7.92. The Labute approximate surface area is 279 Å². The lowest BCUT2D eigenvalue weighted by atomic mass is 9.86. The number of aryl methyl sites for hydroxylation is 2. The van der Waals surface area contributed by atoms with Crippen molar-refractivity contribution in [1.82, 2.24) is 14.9 Å². The van der Waals surface area contributed by atoms with Crippen LogP contribution in [-0.4, -0.2) is 71.7 Å². The Hall–Kier alpha value is -3.88. The molecular formula is C34H44F3N6O4S+. The third-order valence-electron chi connectivity index (χ3n) is 8.67. The van der Waals surface area contributed by atoms with Gasteiger partial charge >= 0.3 is 12.1 Å². The van der Waals surface area contributed by atoms with Crippen molar-refractivity contribution in [2.75, 3.05) is 30.3 Å². The van der Waals surface area contributed by atoms with E-state index in [-0.39, 0.29) is 16.9 Å². The number of H-pyrrole nitrogens is 2. The number of rotatable bonds is 11. The van der Waals surface area contributed by atoms with Gasteiger partial charge < -0.3 is 20.1 Å². The molecule has 3 heterocycles. The fraction of sp³-hybridized carbons (Fsp3) is 0.471. The average molecular weight is 690 g/mol. The second-order valence-electron chi connectivity index (χ2n) is 13.0. The monoisotopic (exact) mass is 689 g/mol. The number of likely N-dealkylation sites (tertiary alicyclic amines) is 1. The predicted molar refractivity (Wildman–Crippen MR) is 180 cm³/mol. The highest BCUT2D eigenvalue weighted by Gasteiger charge is 2.39. The van der Waals surface area contributed by atoms with Gasteiger partial charge in [-0.3, -0.25) is 10.3 Å². The van der Waals surface area contributed by atoms with Crippen LogP contribution in [0.25, 0.3) is 11.0 Å². The number of sulfone groups is 1. The molecule has 0 amide bonds. The molecule has 5 N–H and O–H groups in total. The lowest BCUT2D eigenvalue weighted by Gasteiger charge is -2.34. The number of ether oxygens (including phenoxy) is 1. The molecule has 48 heavy (non-hydrogen) atoms. The number of β-amino-alcohol motifs (C(OH)–C–C–N with tert-alkyl or cyclic N) is 1. The van der Waals surface area contributed by atoms with Gasteiger partial charge in [-0.25, -0.2) is 13.4 Å². The number of fused-ring (bicyclic) bond motifs is 1. The molecule has 5 rings (SSSR count). The summed E-state index contributed by atoms with van der Waals surface area (Å²) in [6.45, 7) is 11.5. The van der Waals surface area contributed by atoms with Crippen LogP contribution in [0.3, 0.4) is 0 Å². The van der Waals surface area contributed by atoms with Gasteiger partial charge in [0.2, 0.25) is 11.5 Å². The van der Waals surface area contributed by atoms with Crippen LogP contribution in [0.4, 0.5) is 36.3 Å². The summed E-state index contributed by atoms with van der Waals surface area (Å²) in [4.78, 5) is 13.2. The molecule has 2 aromatic carbocycles. The van der Waals surface area contributed by atoms with Crippen molar-refractivity contribution < 1.29 is 36.4 Å². The quantitative estimate of drug-likeness (QED) is 0.139. The molecule has 1 fully saturated rings. The van der Waals surface area contributed by atoms with Crippen molar-refractivity contribution in [3.8, 4) is 5.75 Å². The number of hydrogen-bond donors (Lipinski definition) is 4. The van der Waals surface area contributed by atoms with E-state index in [4.69, 9.17) is 9.72 Å². The maximum atomic E-state index is 13.2. The first-order chi connectivity index (χ1) is 22.5. The number of aliphatic hydroxyl groups excluding tert-OH is 1. The van der Waals surface area contributed by atoms with E-state index < -0.39 is 33.9 Å². The molecule has 1 atom stereocenters. The Balaban J connectivity index is 1.45. The SMILES string of the molecule is Cc1cc(Nc2nc(Nc3ccccc3S(=O)(=O)C(C)C)c3c(C)c[nH]c3[nH+]2)c(OC(C)C)cc1C1CCN(C[C@H](O)C(F)(F)F)CC1. The fourth-order valence-electron chi connectivity index (χ4n) is 6.08. The molecule has 2 aromatic heterocycles. The number of piperidine rings is 1. The Morgan fingerprint density at radius 2 is 1.75 bits per heavy atom. The van der Waals surface area contributed by atoms with E-state index in [0.717, 1.165) is 22.1 Å². The number of para-hydroxylation sites is 1. The van der Waals surface area contributed by atoms with Crippen LogP contribution in [0.5, 0.6) is 5.75 Å². The van der Waals surface area contributed by atoms with E-state index in [1.165, 1.54) is 0 Å². The van der Waals surface area contributed by atoms with Crippen LogP contribution < -0.4 is 20.4 Å². The molecule has 1 aliphatic rings. The standard InChI is InChI=1S/C34H43F3N6O4S/c1-19(2)47-27-16-24(23-11-13-43(14-12-23)18-29(44)34(35,36)37)21(5)15-26(27)40-33-41-31-30(22(6)17-38-31)32(42-33)39-25-9-7-8-10-28(25)48(45,46)20(3)4/h7-10,15-17,19-20,23,29,44H,11-14,18H2,1-6H3,(H3,38,39,40,41,42)/p+1/t29-/m0/s1. The number of alkyl halides is 3. The Morgan fingerprint density at radius 1 is 1.06 bits per heavy atom. The van der Waals surface area contributed by atoms with Crippen LogP contribution in [0.15, 0.2) is 47.5 Å². The van der Waals surface area contributed by atoms with Crippen LogP contribution in [-0.2, 0) is 9.84 Å². The number of anilines is 4. The van der Waals surface area contributed by atoms with Gasteiger partial charge in [-0.2, -0.15) is 13.2 Å². The van der Waals surface area contributed by atoms with Gasteiger partial charge in [0, 0.05) is 12.7 Å². The molecule has 260 valence electrons. The summed E-state index contributed by atoms with van der Waals surface area (Å²) in [5.41, 5.74) is 4.72. The van der Waals surface area contributed by atoms with Gasteiger partial charge in [0.25, 0.3) is 0 Å². The first-order valence-corrected chi connectivity index (χ1v) is 17.7. The average Bonchev–Trinajstić information content (AvgIpc) is 3.38. The van der Waals surface area contributed by atoms with Crippen LogP contribution in [0, 0.1) is 13.8 Å². The van der Waals surface area contributed by atoms with Gasteiger partial charge in [-0.1, -0.05) is 17.1 Å². The summed E-state index contributed by atoms with van der Waals surface area (Å²) in [6.07, 6.45) is -3.98. The smallest absolute Gasteiger partial charge is 0.415 e. The van der Waals surface area contributed by atoms with Crippen LogP contribution in [0.1, 0.15) is 63.1 Å². The molecule has 1 aliphatic heterocycles. The summed E-state index contributed by atoms with van der Waals surface area (Å²) >= 11 is 0. The van der Waals surface area contributed by atoms with Gasteiger partial charge in [-0.05, 0) is 114 Å². The first-order valence-electron chi connectivity index (χ1n) is 16.1. The fourth-order valence-corrected chi connectivity index (χ4v) is 7.29. The third kappa shape index (κ3) is 7.71. The second-order valence-corrected chi connectivity index (χ2v) is 15.5. The van der Waals surface area contributed by atoms with Crippen molar-refractivity contribution in [3.63, 3.8) is 0 Å². The number of aromatic nitrogens is 3. The second kappa shape index (κ2) is 13.9. The van der Waals surface area contributed by atoms with Gasteiger partial charge in [-0.15, -0.1) is 0 Å². The first kappa shape index (κ1) is 35.4. The number of hydrogen-bond acceptors (Lipinski definition) is 8. The lowest BCUT2D eigenvalue weighted by Crippen LogP contribution is -2.44. The number of aliphatic hydroxyl groups is 1. The normalized spacial score (nSPS) is 15.8. The van der Waals surface area contributed by atoms with E-state index in [9.17, 15) is 26.7 Å². The van der Waals surface area contributed by atoms with Gasteiger partial charge in [0.05, 0.1) is 21.9 Å². The Morgan fingerprint density at radius 3 is 2.40 bits per heavy atom. The minimum absolute atomic E-state index is 0.119. The maximum Gasteiger partial charge on any atom is 0.415 e. The number of halogens is 3. The number of aromatic amines is 2. The van der Waals surface area contributed by atoms with E-state index in [1.807, 2.05) is 46.0 Å². The van der Waals surface area contributed by atoms with Crippen molar-refractivity contribution in [2.45, 2.75) is 88.8 Å². The summed E-state index contributed by atoms with van der Waals surface area (Å²) in [5, 5.41) is 16.3. The van der Waals surface area contributed by atoms with Crippen LogP contribution in [0.2, 0.25) is 0 Å². The zero-order valence-corrected chi connectivity index (χ0v) is 28.8. The predicted octanol–water partition coefficient (Wildman–Crippen LogP) is 6.55. The summed E-state index contributed by atoms with van der Waals surface area (Å²) in [5.74, 6) is 1.56. The largest absolute Gasteiger partial charge is 0.488 e. The minimum Gasteiger partial charge on any atom is -0.488 e. The molecule has 4 aromatic rings. The van der Waals surface area contributed by atoms with Crippen molar-refractivity contribution in [3.05, 3.63) is 59.3 Å². The summed E-state index contributed by atoms with van der Waals surface area (Å²) in [6, 6.07) is 10.7. The molecule has 0 saturated carbocycles. The molecule has 10 nitrogen and oxygen atoms in total. The zero-order chi connectivity index (χ0) is 35.0. The number of nitrogens with zero attached hydrogens (tertiary/aromatic N) is 2. The van der Waals surface area contributed by atoms with E-state index in [2.05, 4.69) is 20.6 Å². The van der Waals surface area contributed by atoms with Gasteiger partial charge in [0.15, 0.2) is 21.7 Å². The van der Waals surface area contributed by atoms with Crippen LogP contribution >= 0.6 is 0 Å². The van der Waals surface area contributed by atoms with Crippen molar-refractivity contribution >= 4 is 44.0 Å². The molecule has 0 aliphatic carbocycles. The molecule has 0 unspecified atom stereocenters. The highest BCUT2D eigenvalue weighted by atomic mass is 32.2. The Kier molecular flexibility index (Phi) is 10.3. The number of benzene rings is 2. The highest BCUT2D eigenvalue weighted by Crippen LogP contribution is 2.39. The van der Waals surface area contributed by atoms with E-state index in [1.54, 1.807) is 43.0 Å². The van der Waals surface area contributed by atoms with E-state index in [0.29, 0.717) is 60.5 Å². The third-order valence-corrected chi connectivity index (χ3v) is 10.9. The molecule has 0 spiro atoms. The molecule has 0 radical (unpaired) electrons. The molecular weight excluding hydrogens is 645 g/mol. The molecule has 0 bridgehead atoms. The van der Waals surface area contributed by atoms with Crippen molar-refractivity contribution in [1.29, 1.82) is 0 Å². The van der Waals surface area contributed by atoms with Crippen molar-refractivity contribution in [2.24, 2.45) is 0 Å². The molecule has 14 heteroatoms. The van der Waals surface area contributed by atoms with Gasteiger partial charge in [0.1, 0.15) is 11.1 Å². The maximum absolute atomic E-state index is 13.2. The van der Waals surface area contributed by atoms with E-state index >= 15 is 0 Å².